The first-order chi connectivity index (χ1) is 8.97. The molecule has 0 atom stereocenters. The van der Waals surface area contributed by atoms with Gasteiger partial charge >= 0.3 is 0 Å². The molecule has 0 saturated carbocycles. The number of halogens is 4. The average Bonchev–Trinajstić information content (AvgIpc) is 2.36. The maximum Gasteiger partial charge on any atom is 0.137 e. The highest BCUT2D eigenvalue weighted by atomic mass is 79.9. The van der Waals surface area contributed by atoms with Crippen LogP contribution in [0.3, 0.4) is 0 Å². The van der Waals surface area contributed by atoms with Gasteiger partial charge < -0.3 is 5.32 Å². The summed E-state index contributed by atoms with van der Waals surface area (Å²) >= 11 is 12.8. The maximum atomic E-state index is 13.1. The first-order valence-corrected chi connectivity index (χ1v) is 7.57. The van der Waals surface area contributed by atoms with Gasteiger partial charge in [0.15, 0.2) is 0 Å². The van der Waals surface area contributed by atoms with Crippen molar-refractivity contribution in [2.75, 3.05) is 5.32 Å². The van der Waals surface area contributed by atoms with Gasteiger partial charge in [0.05, 0.1) is 10.2 Å². The number of nitrogens with one attached hydrogen (secondary N) is 1. The first kappa shape index (κ1) is 14.8. The number of anilines is 1. The molecule has 2 rings (SSSR count). The fraction of sp³-hybridized carbons (Fsp3) is 0.143. The second-order valence-corrected chi connectivity index (χ2v) is 6.30. The molecule has 0 aliphatic rings. The predicted molar refractivity (Wildman–Crippen MR) is 85.3 cm³/mol. The second-order valence-electron chi connectivity index (χ2n) is 4.18. The Labute approximate surface area is 133 Å². The van der Waals surface area contributed by atoms with Gasteiger partial charge in [0.1, 0.15) is 5.82 Å². The Balaban J connectivity index is 2.14. The van der Waals surface area contributed by atoms with Gasteiger partial charge in [-0.05, 0) is 74.2 Å². The van der Waals surface area contributed by atoms with Crippen LogP contribution < -0.4 is 5.32 Å². The minimum atomic E-state index is -0.261. The van der Waals surface area contributed by atoms with Crippen LogP contribution >= 0.6 is 43.5 Å². The lowest BCUT2D eigenvalue weighted by Crippen LogP contribution is -2.01. The van der Waals surface area contributed by atoms with E-state index in [2.05, 4.69) is 37.2 Å². The SMILES string of the molecule is Cc1cc(Br)c(NCc2ccc(F)c(Br)c2)cc1Cl. The zero-order valence-corrected chi connectivity index (χ0v) is 14.0. The lowest BCUT2D eigenvalue weighted by molar-refractivity contribution is 0.620. The van der Waals surface area contributed by atoms with Crippen molar-refractivity contribution < 1.29 is 4.39 Å². The van der Waals surface area contributed by atoms with E-state index in [4.69, 9.17) is 11.6 Å². The molecule has 0 radical (unpaired) electrons. The molecule has 0 aliphatic heterocycles. The molecule has 0 fully saturated rings. The van der Waals surface area contributed by atoms with Crippen LogP contribution in [0.4, 0.5) is 10.1 Å². The van der Waals surface area contributed by atoms with Crippen LogP contribution in [-0.2, 0) is 6.54 Å². The molecule has 0 unspecified atom stereocenters. The van der Waals surface area contributed by atoms with Gasteiger partial charge in [-0.3, -0.25) is 0 Å². The van der Waals surface area contributed by atoms with Gasteiger partial charge in [-0.15, -0.1) is 0 Å². The molecule has 0 amide bonds. The minimum Gasteiger partial charge on any atom is -0.380 e. The van der Waals surface area contributed by atoms with Gasteiger partial charge in [0.25, 0.3) is 0 Å². The Morgan fingerprint density at radius 2 is 1.89 bits per heavy atom. The fourth-order valence-corrected chi connectivity index (χ4v) is 2.82. The first-order valence-electron chi connectivity index (χ1n) is 5.61. The maximum absolute atomic E-state index is 13.1. The number of rotatable bonds is 3. The van der Waals surface area contributed by atoms with Crippen LogP contribution in [0.2, 0.25) is 5.02 Å². The molecule has 1 nitrogen and oxygen atoms in total. The molecular weight excluding hydrogens is 396 g/mol. The summed E-state index contributed by atoms with van der Waals surface area (Å²) in [5, 5.41) is 3.98. The number of hydrogen-bond donors (Lipinski definition) is 1. The van der Waals surface area contributed by atoms with Crippen LogP contribution in [0.15, 0.2) is 39.3 Å². The third-order valence-electron chi connectivity index (χ3n) is 2.72. The Bertz CT molecular complexity index is 617. The molecule has 0 aromatic heterocycles. The lowest BCUT2D eigenvalue weighted by Gasteiger charge is -2.11. The smallest absolute Gasteiger partial charge is 0.137 e. The standard InChI is InChI=1S/C14H11Br2ClFN/c1-8-4-11(16)14(6-12(8)17)19-7-9-2-3-13(18)10(15)5-9/h2-6,19H,7H2,1H3. The van der Waals surface area contributed by atoms with Gasteiger partial charge in [-0.1, -0.05) is 17.7 Å². The largest absolute Gasteiger partial charge is 0.380 e. The van der Waals surface area contributed by atoms with Crippen LogP contribution in [-0.4, -0.2) is 0 Å². The summed E-state index contributed by atoms with van der Waals surface area (Å²) in [5.74, 6) is -0.261. The number of benzene rings is 2. The van der Waals surface area contributed by atoms with E-state index in [0.717, 1.165) is 21.3 Å². The molecule has 0 heterocycles. The Kier molecular flexibility index (Phi) is 4.87. The summed E-state index contributed by atoms with van der Waals surface area (Å²) in [5.41, 5.74) is 2.91. The Morgan fingerprint density at radius 1 is 1.16 bits per heavy atom. The van der Waals surface area contributed by atoms with Crippen LogP contribution in [0.5, 0.6) is 0 Å². The monoisotopic (exact) mass is 405 g/mol. The van der Waals surface area contributed by atoms with Crippen molar-refractivity contribution in [3.63, 3.8) is 0 Å². The molecule has 100 valence electrons. The van der Waals surface area contributed by atoms with Crippen LogP contribution in [0.25, 0.3) is 0 Å². The van der Waals surface area contributed by atoms with E-state index in [9.17, 15) is 4.39 Å². The lowest BCUT2D eigenvalue weighted by atomic mass is 10.2. The molecule has 5 heteroatoms. The van der Waals surface area contributed by atoms with Crippen LogP contribution in [0, 0.1) is 12.7 Å². The normalized spacial score (nSPS) is 10.6. The summed E-state index contributed by atoms with van der Waals surface area (Å²) in [6.45, 7) is 2.55. The molecule has 0 saturated heterocycles. The highest BCUT2D eigenvalue weighted by Gasteiger charge is 2.05. The Hall–Kier alpha value is -0.580. The third-order valence-corrected chi connectivity index (χ3v) is 4.39. The molecular formula is C14H11Br2ClFN. The van der Waals surface area contributed by atoms with Gasteiger partial charge in [0, 0.05) is 16.0 Å². The summed E-state index contributed by atoms with van der Waals surface area (Å²) < 4.78 is 14.6. The molecule has 19 heavy (non-hydrogen) atoms. The van der Waals surface area contributed by atoms with Crippen molar-refractivity contribution in [3.05, 3.63) is 61.2 Å². The highest BCUT2D eigenvalue weighted by molar-refractivity contribution is 9.10. The zero-order chi connectivity index (χ0) is 14.0. The van der Waals surface area contributed by atoms with E-state index in [0.29, 0.717) is 16.0 Å². The molecule has 1 N–H and O–H groups in total. The van der Waals surface area contributed by atoms with E-state index in [-0.39, 0.29) is 5.82 Å². The van der Waals surface area contributed by atoms with Gasteiger partial charge in [-0.2, -0.15) is 0 Å². The minimum absolute atomic E-state index is 0.261. The van der Waals surface area contributed by atoms with E-state index in [1.165, 1.54) is 6.07 Å². The van der Waals surface area contributed by atoms with Gasteiger partial charge in [0.2, 0.25) is 0 Å². The van der Waals surface area contributed by atoms with E-state index < -0.39 is 0 Å². The van der Waals surface area contributed by atoms with Crippen molar-refractivity contribution in [1.29, 1.82) is 0 Å². The average molecular weight is 408 g/mol. The molecule has 0 bridgehead atoms. The molecule has 2 aromatic rings. The van der Waals surface area contributed by atoms with Gasteiger partial charge in [-0.25, -0.2) is 4.39 Å². The fourth-order valence-electron chi connectivity index (χ4n) is 1.63. The number of hydrogen-bond acceptors (Lipinski definition) is 1. The van der Waals surface area contributed by atoms with E-state index in [1.54, 1.807) is 12.1 Å². The molecule has 2 aromatic carbocycles. The number of aryl methyl sites for hydroxylation is 1. The van der Waals surface area contributed by atoms with E-state index in [1.807, 2.05) is 19.1 Å². The highest BCUT2D eigenvalue weighted by Crippen LogP contribution is 2.29. The molecule has 0 aliphatic carbocycles. The third kappa shape index (κ3) is 3.71. The van der Waals surface area contributed by atoms with E-state index >= 15 is 0 Å². The van der Waals surface area contributed by atoms with Crippen molar-refractivity contribution in [3.8, 4) is 0 Å². The topological polar surface area (TPSA) is 12.0 Å². The van der Waals surface area contributed by atoms with Crippen molar-refractivity contribution in [1.82, 2.24) is 0 Å². The summed E-state index contributed by atoms with van der Waals surface area (Å²) in [7, 11) is 0. The zero-order valence-electron chi connectivity index (χ0n) is 10.1. The predicted octanol–water partition coefficient (Wildman–Crippen LogP) is 5.92. The Morgan fingerprint density at radius 3 is 2.58 bits per heavy atom. The molecule has 0 spiro atoms. The second kappa shape index (κ2) is 6.25. The summed E-state index contributed by atoms with van der Waals surface area (Å²) in [4.78, 5) is 0. The summed E-state index contributed by atoms with van der Waals surface area (Å²) in [6.07, 6.45) is 0. The quantitative estimate of drug-likeness (QED) is 0.665. The van der Waals surface area contributed by atoms with Crippen molar-refractivity contribution >= 4 is 49.1 Å². The van der Waals surface area contributed by atoms with Crippen LogP contribution in [0.1, 0.15) is 11.1 Å². The summed E-state index contributed by atoms with van der Waals surface area (Å²) in [6, 6.07) is 8.78. The van der Waals surface area contributed by atoms with Crippen molar-refractivity contribution in [2.45, 2.75) is 13.5 Å². The van der Waals surface area contributed by atoms with Crippen molar-refractivity contribution in [2.24, 2.45) is 0 Å².